The molecule has 1 aliphatic heterocycles. The topological polar surface area (TPSA) is 60.5 Å². The Kier molecular flexibility index (Phi) is 3.36. The molecular weight excluding hydrogens is 280 g/mol. The summed E-state index contributed by atoms with van der Waals surface area (Å²) in [5.74, 6) is 0.879. The predicted molar refractivity (Wildman–Crippen MR) is 80.2 cm³/mol. The first-order chi connectivity index (χ1) is 10.8. The molecule has 4 heterocycles. The van der Waals surface area contributed by atoms with E-state index in [4.69, 9.17) is 4.74 Å². The zero-order valence-electron chi connectivity index (χ0n) is 12.5. The minimum Gasteiger partial charge on any atom is -0.368 e. The van der Waals surface area contributed by atoms with Crippen LogP contribution >= 0.6 is 0 Å². The van der Waals surface area contributed by atoms with Crippen molar-refractivity contribution in [3.63, 3.8) is 0 Å². The minimum absolute atomic E-state index is 0.0249. The highest BCUT2D eigenvalue weighted by atomic mass is 16.5. The molecule has 4 rings (SSSR count). The number of hydrogen-bond acceptors (Lipinski definition) is 5. The second-order valence-corrected chi connectivity index (χ2v) is 5.59. The molecular formula is C15H18N6O. The zero-order valence-corrected chi connectivity index (χ0v) is 12.5. The maximum absolute atomic E-state index is 5.85. The largest absolute Gasteiger partial charge is 0.368 e. The Balaban J connectivity index is 1.52. The number of rotatable bonds is 3. The van der Waals surface area contributed by atoms with Crippen LogP contribution in [-0.2, 0) is 18.3 Å². The lowest BCUT2D eigenvalue weighted by Crippen LogP contribution is -2.38. The van der Waals surface area contributed by atoms with Gasteiger partial charge in [-0.2, -0.15) is 5.10 Å². The van der Waals surface area contributed by atoms with E-state index in [0.29, 0.717) is 6.61 Å². The molecule has 0 radical (unpaired) electrons. The number of aromatic nitrogens is 5. The first-order valence-electron chi connectivity index (χ1n) is 7.40. The molecule has 0 bridgehead atoms. The highest BCUT2D eigenvalue weighted by molar-refractivity contribution is 5.53. The van der Waals surface area contributed by atoms with Crippen molar-refractivity contribution in [3.8, 4) is 0 Å². The first kappa shape index (κ1) is 13.4. The third kappa shape index (κ3) is 2.38. The summed E-state index contributed by atoms with van der Waals surface area (Å²) in [5.41, 5.74) is 2.39. The second-order valence-electron chi connectivity index (χ2n) is 5.59. The highest BCUT2D eigenvalue weighted by Gasteiger charge is 2.25. The van der Waals surface area contributed by atoms with Gasteiger partial charge in [0.2, 0.25) is 0 Å². The van der Waals surface area contributed by atoms with Gasteiger partial charge in [0.25, 0.3) is 0 Å². The van der Waals surface area contributed by atoms with Crippen LogP contribution in [0.2, 0.25) is 0 Å². The Hall–Kier alpha value is -2.25. The molecule has 114 valence electrons. The van der Waals surface area contributed by atoms with Crippen LogP contribution in [0.5, 0.6) is 0 Å². The number of ether oxygens (including phenoxy) is 1. The van der Waals surface area contributed by atoms with Gasteiger partial charge in [0.1, 0.15) is 12.4 Å². The smallest absolute Gasteiger partial charge is 0.163 e. The normalized spacial score (nSPS) is 19.8. The summed E-state index contributed by atoms with van der Waals surface area (Å²) < 4.78 is 9.69. The lowest BCUT2D eigenvalue weighted by molar-refractivity contribution is -0.0384. The molecule has 22 heavy (non-hydrogen) atoms. The molecule has 1 fully saturated rings. The van der Waals surface area contributed by atoms with Gasteiger partial charge < -0.3 is 9.30 Å². The molecule has 1 atom stereocenters. The average Bonchev–Trinajstić information content (AvgIpc) is 3.15. The van der Waals surface area contributed by atoms with Crippen LogP contribution in [0, 0.1) is 0 Å². The van der Waals surface area contributed by atoms with Crippen molar-refractivity contribution >= 4 is 5.52 Å². The number of pyridine rings is 1. The van der Waals surface area contributed by atoms with E-state index in [9.17, 15) is 0 Å². The van der Waals surface area contributed by atoms with Gasteiger partial charge in [0.05, 0.1) is 18.3 Å². The van der Waals surface area contributed by atoms with Crippen molar-refractivity contribution in [1.82, 2.24) is 29.3 Å². The third-order valence-corrected chi connectivity index (χ3v) is 4.09. The van der Waals surface area contributed by atoms with E-state index < -0.39 is 0 Å². The first-order valence-corrected chi connectivity index (χ1v) is 7.40. The molecule has 1 unspecified atom stereocenters. The van der Waals surface area contributed by atoms with Crippen LogP contribution in [-0.4, -0.2) is 49.0 Å². The van der Waals surface area contributed by atoms with Gasteiger partial charge in [-0.1, -0.05) is 6.07 Å². The standard InChI is InChI=1S/C15H18N6O/c1-19-11-16-18-15(19)14-10-20(6-7-22-14)9-12-8-17-21-5-3-2-4-13(12)21/h2-5,8,11,14H,6-7,9-10H2,1H3. The monoisotopic (exact) mass is 298 g/mol. The minimum atomic E-state index is -0.0249. The second kappa shape index (κ2) is 5.51. The van der Waals surface area contributed by atoms with E-state index >= 15 is 0 Å². The van der Waals surface area contributed by atoms with E-state index in [2.05, 4.69) is 26.3 Å². The lowest BCUT2D eigenvalue weighted by atomic mass is 10.2. The average molecular weight is 298 g/mol. The highest BCUT2D eigenvalue weighted by Crippen LogP contribution is 2.22. The number of morpholine rings is 1. The molecule has 3 aromatic rings. The number of aryl methyl sites for hydroxylation is 1. The number of hydrogen-bond donors (Lipinski definition) is 0. The summed E-state index contributed by atoms with van der Waals surface area (Å²) in [7, 11) is 1.95. The van der Waals surface area contributed by atoms with E-state index in [-0.39, 0.29) is 6.10 Å². The SMILES string of the molecule is Cn1cnnc1C1CN(Cc2cnn3ccccc23)CCO1. The predicted octanol–water partition coefficient (Wildman–Crippen LogP) is 1.04. The van der Waals surface area contributed by atoms with Crippen LogP contribution in [0.3, 0.4) is 0 Å². The number of nitrogens with zero attached hydrogens (tertiary/aromatic N) is 6. The fourth-order valence-electron chi connectivity index (χ4n) is 2.94. The van der Waals surface area contributed by atoms with Gasteiger partial charge in [-0.25, -0.2) is 4.52 Å². The number of fused-ring (bicyclic) bond motifs is 1. The maximum atomic E-state index is 5.85. The Bertz CT molecular complexity index is 779. The van der Waals surface area contributed by atoms with Gasteiger partial charge in [0, 0.05) is 38.4 Å². The van der Waals surface area contributed by atoms with Crippen molar-refractivity contribution < 1.29 is 4.74 Å². The fourth-order valence-corrected chi connectivity index (χ4v) is 2.94. The molecule has 0 N–H and O–H groups in total. The summed E-state index contributed by atoms with van der Waals surface area (Å²) in [4.78, 5) is 2.38. The molecule has 7 nitrogen and oxygen atoms in total. The molecule has 0 amide bonds. The Morgan fingerprint density at radius 2 is 2.32 bits per heavy atom. The van der Waals surface area contributed by atoms with Crippen molar-refractivity contribution in [2.75, 3.05) is 19.7 Å². The third-order valence-electron chi connectivity index (χ3n) is 4.09. The summed E-state index contributed by atoms with van der Waals surface area (Å²) in [6.45, 7) is 3.30. The molecule has 0 saturated carbocycles. The molecule has 7 heteroatoms. The van der Waals surface area contributed by atoms with Gasteiger partial charge in [-0.3, -0.25) is 4.90 Å². The van der Waals surface area contributed by atoms with E-state index in [1.54, 1.807) is 6.33 Å². The maximum Gasteiger partial charge on any atom is 0.163 e. The zero-order chi connectivity index (χ0) is 14.9. The van der Waals surface area contributed by atoms with Crippen LogP contribution in [0.25, 0.3) is 5.52 Å². The van der Waals surface area contributed by atoms with Gasteiger partial charge in [-0.15, -0.1) is 10.2 Å². The Labute approximate surface area is 128 Å². The van der Waals surface area contributed by atoms with Crippen LogP contribution in [0.4, 0.5) is 0 Å². The van der Waals surface area contributed by atoms with Crippen molar-refractivity contribution in [2.24, 2.45) is 7.05 Å². The van der Waals surface area contributed by atoms with Crippen molar-refractivity contribution in [1.29, 1.82) is 0 Å². The fraction of sp³-hybridized carbons (Fsp3) is 0.400. The van der Waals surface area contributed by atoms with Crippen LogP contribution < -0.4 is 0 Å². The lowest BCUT2D eigenvalue weighted by Gasteiger charge is -2.32. The molecule has 0 spiro atoms. The summed E-state index contributed by atoms with van der Waals surface area (Å²) in [6, 6.07) is 6.13. The quantitative estimate of drug-likeness (QED) is 0.723. The Morgan fingerprint density at radius 3 is 3.18 bits per heavy atom. The Morgan fingerprint density at radius 1 is 1.36 bits per heavy atom. The summed E-state index contributed by atoms with van der Waals surface area (Å²) in [5, 5.41) is 12.5. The molecule has 0 aromatic carbocycles. The van der Waals surface area contributed by atoms with Gasteiger partial charge >= 0.3 is 0 Å². The molecule has 1 saturated heterocycles. The van der Waals surface area contributed by atoms with E-state index in [1.165, 1.54) is 5.56 Å². The van der Waals surface area contributed by atoms with Crippen molar-refractivity contribution in [3.05, 3.63) is 48.3 Å². The van der Waals surface area contributed by atoms with Gasteiger partial charge in [0.15, 0.2) is 5.82 Å². The van der Waals surface area contributed by atoms with Gasteiger partial charge in [-0.05, 0) is 12.1 Å². The van der Waals surface area contributed by atoms with Crippen molar-refractivity contribution in [2.45, 2.75) is 12.6 Å². The van der Waals surface area contributed by atoms with E-state index in [0.717, 1.165) is 31.0 Å². The molecule has 3 aromatic heterocycles. The van der Waals surface area contributed by atoms with E-state index in [1.807, 2.05) is 40.7 Å². The summed E-state index contributed by atoms with van der Waals surface area (Å²) >= 11 is 0. The molecule has 0 aliphatic carbocycles. The summed E-state index contributed by atoms with van der Waals surface area (Å²) in [6.07, 6.45) is 5.61. The van der Waals surface area contributed by atoms with Crippen LogP contribution in [0.15, 0.2) is 36.9 Å². The molecule has 1 aliphatic rings. The van der Waals surface area contributed by atoms with Crippen LogP contribution in [0.1, 0.15) is 17.5 Å².